The van der Waals surface area contributed by atoms with Crippen LogP contribution in [-0.2, 0) is 21.0 Å². The zero-order chi connectivity index (χ0) is 22.5. The quantitative estimate of drug-likeness (QED) is 0.504. The number of carbonyl (C=O) groups is 1. The highest BCUT2D eigenvalue weighted by molar-refractivity contribution is 7.92. The van der Waals surface area contributed by atoms with Gasteiger partial charge in [-0.1, -0.05) is 23.7 Å². The molecule has 0 saturated heterocycles. The van der Waals surface area contributed by atoms with Crippen molar-refractivity contribution in [3.63, 3.8) is 0 Å². The van der Waals surface area contributed by atoms with Crippen molar-refractivity contribution in [3.8, 4) is 5.75 Å². The molecule has 0 heterocycles. The van der Waals surface area contributed by atoms with Crippen LogP contribution < -0.4 is 14.5 Å². The smallest absolute Gasteiger partial charge is 0.417 e. The van der Waals surface area contributed by atoms with Gasteiger partial charge in [-0.05, 0) is 30.3 Å². The van der Waals surface area contributed by atoms with E-state index in [1.807, 2.05) is 0 Å². The fraction of sp³-hybridized carbons (Fsp3) is 0.222. The number of hydrogen-bond acceptors (Lipinski definition) is 5. The van der Waals surface area contributed by atoms with Crippen LogP contribution in [-0.4, -0.2) is 40.4 Å². The number of amides is 1. The minimum absolute atomic E-state index is 0.363. The van der Waals surface area contributed by atoms with Crippen molar-refractivity contribution in [2.45, 2.75) is 6.18 Å². The van der Waals surface area contributed by atoms with E-state index in [0.29, 0.717) is 21.7 Å². The third kappa shape index (κ3) is 6.10. The van der Waals surface area contributed by atoms with Crippen molar-refractivity contribution in [2.24, 2.45) is 5.10 Å². The van der Waals surface area contributed by atoms with Crippen LogP contribution in [0, 0.1) is 0 Å². The van der Waals surface area contributed by atoms with Crippen LogP contribution in [0.15, 0.2) is 47.6 Å². The zero-order valence-corrected chi connectivity index (χ0v) is 17.3. The fourth-order valence-corrected chi connectivity index (χ4v) is 3.47. The van der Waals surface area contributed by atoms with Crippen molar-refractivity contribution in [2.75, 3.05) is 24.2 Å². The van der Waals surface area contributed by atoms with E-state index in [2.05, 4.69) is 10.5 Å². The van der Waals surface area contributed by atoms with Gasteiger partial charge in [0.2, 0.25) is 10.0 Å². The number of methoxy groups -OCH3 is 1. The first-order valence-electron chi connectivity index (χ1n) is 8.23. The zero-order valence-electron chi connectivity index (χ0n) is 15.8. The maximum absolute atomic E-state index is 13.1. The van der Waals surface area contributed by atoms with E-state index in [1.165, 1.54) is 13.3 Å². The highest BCUT2D eigenvalue weighted by atomic mass is 35.5. The third-order valence-electron chi connectivity index (χ3n) is 3.76. The Balaban J connectivity index is 2.22. The summed E-state index contributed by atoms with van der Waals surface area (Å²) in [5, 5.41) is 3.13. The predicted octanol–water partition coefficient (Wildman–Crippen LogP) is 3.28. The Bertz CT molecular complexity index is 1060. The molecule has 0 unspecified atom stereocenters. The van der Waals surface area contributed by atoms with Crippen LogP contribution in [0.25, 0.3) is 0 Å². The molecule has 0 bridgehead atoms. The molecule has 0 aliphatic rings. The standard InChI is InChI=1S/C18H17ClF3N3O4S/c1-29-16-6-4-3-5-12(16)10-23-24-17(26)11-25(30(2,27)28)13-7-8-15(19)14(9-13)18(20,21)22/h3-10H,11H2,1-2H3,(H,24,26)/b23-10-. The number of sulfonamides is 1. The average Bonchev–Trinajstić information content (AvgIpc) is 2.65. The molecule has 12 heteroatoms. The number of nitrogens with zero attached hydrogens (tertiary/aromatic N) is 2. The van der Waals surface area contributed by atoms with Crippen molar-refractivity contribution >= 4 is 39.4 Å². The number of halogens is 4. The summed E-state index contributed by atoms with van der Waals surface area (Å²) in [7, 11) is -2.63. The summed E-state index contributed by atoms with van der Waals surface area (Å²) < 4.78 is 69.0. The van der Waals surface area contributed by atoms with E-state index in [-0.39, 0.29) is 5.69 Å². The van der Waals surface area contributed by atoms with Gasteiger partial charge in [-0.3, -0.25) is 9.10 Å². The first kappa shape index (κ1) is 23.5. The Hall–Kier alpha value is -2.79. The van der Waals surface area contributed by atoms with Gasteiger partial charge in [-0.2, -0.15) is 18.3 Å². The maximum atomic E-state index is 13.1. The van der Waals surface area contributed by atoms with Crippen molar-refractivity contribution in [1.82, 2.24) is 5.43 Å². The van der Waals surface area contributed by atoms with E-state index < -0.39 is 39.2 Å². The summed E-state index contributed by atoms with van der Waals surface area (Å²) >= 11 is 5.56. The van der Waals surface area contributed by atoms with Gasteiger partial charge in [0.15, 0.2) is 0 Å². The monoisotopic (exact) mass is 463 g/mol. The molecule has 2 aromatic rings. The molecule has 1 amide bonds. The molecule has 0 aliphatic heterocycles. The number of carbonyl (C=O) groups excluding carboxylic acids is 1. The number of para-hydroxylation sites is 1. The summed E-state index contributed by atoms with van der Waals surface area (Å²) in [6, 6.07) is 9.35. The van der Waals surface area contributed by atoms with Crippen LogP contribution >= 0.6 is 11.6 Å². The van der Waals surface area contributed by atoms with Gasteiger partial charge in [0.1, 0.15) is 12.3 Å². The molecule has 0 aromatic heterocycles. The van der Waals surface area contributed by atoms with Gasteiger partial charge in [-0.15, -0.1) is 0 Å². The summed E-state index contributed by atoms with van der Waals surface area (Å²) in [4.78, 5) is 12.2. The second-order valence-corrected chi connectivity index (χ2v) is 8.28. The van der Waals surface area contributed by atoms with Gasteiger partial charge in [-0.25, -0.2) is 13.8 Å². The molecule has 7 nitrogen and oxygen atoms in total. The molecule has 0 fully saturated rings. The molecule has 0 spiro atoms. The van der Waals surface area contributed by atoms with Crippen molar-refractivity contribution in [3.05, 3.63) is 58.6 Å². The molecule has 0 aliphatic carbocycles. The van der Waals surface area contributed by atoms with Gasteiger partial charge in [0.25, 0.3) is 5.91 Å². The van der Waals surface area contributed by atoms with Crippen LogP contribution in [0.1, 0.15) is 11.1 Å². The Morgan fingerprint density at radius 3 is 2.53 bits per heavy atom. The van der Waals surface area contributed by atoms with E-state index in [0.717, 1.165) is 18.4 Å². The van der Waals surface area contributed by atoms with Gasteiger partial charge in [0.05, 0.1) is 35.9 Å². The van der Waals surface area contributed by atoms with E-state index in [1.54, 1.807) is 24.3 Å². The molecule has 30 heavy (non-hydrogen) atoms. The highest BCUT2D eigenvalue weighted by Gasteiger charge is 2.34. The number of hydrogen-bond donors (Lipinski definition) is 1. The Morgan fingerprint density at radius 2 is 1.93 bits per heavy atom. The number of alkyl halides is 3. The Morgan fingerprint density at radius 1 is 1.27 bits per heavy atom. The molecule has 0 saturated carbocycles. The number of hydrazone groups is 1. The third-order valence-corrected chi connectivity index (χ3v) is 5.23. The van der Waals surface area contributed by atoms with E-state index in [4.69, 9.17) is 16.3 Å². The van der Waals surface area contributed by atoms with Crippen molar-refractivity contribution in [1.29, 1.82) is 0 Å². The van der Waals surface area contributed by atoms with E-state index >= 15 is 0 Å². The normalized spacial score (nSPS) is 12.1. The number of nitrogens with one attached hydrogen (secondary N) is 1. The molecular formula is C18H17ClF3N3O4S. The number of anilines is 1. The topological polar surface area (TPSA) is 88.1 Å². The molecule has 0 atom stereocenters. The summed E-state index contributed by atoms with van der Waals surface area (Å²) in [5.74, 6) is -0.371. The average molecular weight is 464 g/mol. The SMILES string of the molecule is COc1ccccc1/C=N\NC(=O)CN(c1ccc(Cl)c(C(F)(F)F)c1)S(C)(=O)=O. The molecule has 2 rings (SSSR count). The lowest BCUT2D eigenvalue weighted by atomic mass is 10.2. The predicted molar refractivity (Wildman–Crippen MR) is 107 cm³/mol. The molecule has 0 radical (unpaired) electrons. The lowest BCUT2D eigenvalue weighted by Gasteiger charge is -2.22. The first-order valence-corrected chi connectivity index (χ1v) is 10.5. The molecule has 2 aromatic carbocycles. The largest absolute Gasteiger partial charge is 0.496 e. The second kappa shape index (κ2) is 9.35. The molecule has 162 valence electrons. The summed E-state index contributed by atoms with van der Waals surface area (Å²) in [6.07, 6.45) is -2.75. The first-order chi connectivity index (χ1) is 13.9. The highest BCUT2D eigenvalue weighted by Crippen LogP contribution is 2.37. The van der Waals surface area contributed by atoms with Gasteiger partial charge >= 0.3 is 6.18 Å². The Labute approximate surface area is 176 Å². The van der Waals surface area contributed by atoms with Crippen LogP contribution in [0.3, 0.4) is 0 Å². The van der Waals surface area contributed by atoms with Gasteiger partial charge < -0.3 is 4.74 Å². The van der Waals surface area contributed by atoms with Crippen LogP contribution in [0.5, 0.6) is 5.75 Å². The fourth-order valence-electron chi connectivity index (χ4n) is 2.40. The lowest BCUT2D eigenvalue weighted by Crippen LogP contribution is -2.39. The number of benzene rings is 2. The summed E-state index contributed by atoms with van der Waals surface area (Å²) in [5.41, 5.74) is 1.10. The number of rotatable bonds is 7. The number of ether oxygens (including phenoxy) is 1. The molecule has 1 N–H and O–H groups in total. The molecular weight excluding hydrogens is 447 g/mol. The Kier molecular flexibility index (Phi) is 7.32. The minimum Gasteiger partial charge on any atom is -0.496 e. The summed E-state index contributed by atoms with van der Waals surface area (Å²) in [6.45, 7) is -0.791. The van der Waals surface area contributed by atoms with Gasteiger partial charge in [0, 0.05) is 5.56 Å². The van der Waals surface area contributed by atoms with Crippen molar-refractivity contribution < 1.29 is 31.1 Å². The van der Waals surface area contributed by atoms with Crippen LogP contribution in [0.2, 0.25) is 5.02 Å². The second-order valence-electron chi connectivity index (χ2n) is 5.97. The minimum atomic E-state index is -4.79. The van der Waals surface area contributed by atoms with E-state index in [9.17, 15) is 26.4 Å². The van der Waals surface area contributed by atoms with Crippen LogP contribution in [0.4, 0.5) is 18.9 Å². The lowest BCUT2D eigenvalue weighted by molar-refractivity contribution is -0.137. The maximum Gasteiger partial charge on any atom is 0.417 e.